The van der Waals surface area contributed by atoms with Crippen LogP contribution in [0.2, 0.25) is 0 Å². The number of carbonyl (C=O) groups is 1. The van der Waals surface area contributed by atoms with Crippen molar-refractivity contribution in [3.63, 3.8) is 0 Å². The van der Waals surface area contributed by atoms with E-state index in [2.05, 4.69) is 15.6 Å². The highest BCUT2D eigenvalue weighted by molar-refractivity contribution is 5.75. The van der Waals surface area contributed by atoms with Gasteiger partial charge in [-0.05, 0) is 26.7 Å². The van der Waals surface area contributed by atoms with Crippen molar-refractivity contribution in [3.05, 3.63) is 11.9 Å². The first-order valence-electron chi connectivity index (χ1n) is 7.37. The first-order valence-corrected chi connectivity index (χ1v) is 7.37. The fourth-order valence-electron chi connectivity index (χ4n) is 2.50. The normalized spacial score (nSPS) is 17.8. The molecule has 2 N–H and O–H groups in total. The second-order valence-corrected chi connectivity index (χ2v) is 6.12. The second kappa shape index (κ2) is 6.35. The lowest BCUT2D eigenvalue weighted by Gasteiger charge is -2.16. The molecule has 1 aliphatic rings. The van der Waals surface area contributed by atoms with Gasteiger partial charge in [-0.25, -0.2) is 4.68 Å². The molecule has 0 aliphatic heterocycles. The van der Waals surface area contributed by atoms with E-state index in [4.69, 9.17) is 0 Å². The van der Waals surface area contributed by atoms with Crippen molar-refractivity contribution in [2.75, 3.05) is 0 Å². The largest absolute Gasteiger partial charge is 0.384 e. The third kappa shape index (κ3) is 4.30. The van der Waals surface area contributed by atoms with E-state index in [9.17, 15) is 9.90 Å². The number of carbonyl (C=O) groups excluding carboxylic acids is 1. The Morgan fingerprint density at radius 2 is 2.05 bits per heavy atom. The minimum absolute atomic E-state index is 0.0379. The van der Waals surface area contributed by atoms with Crippen molar-refractivity contribution in [2.24, 2.45) is 0 Å². The Labute approximate surface area is 119 Å². The van der Waals surface area contributed by atoms with Gasteiger partial charge < -0.3 is 10.4 Å². The van der Waals surface area contributed by atoms with Crippen molar-refractivity contribution in [1.82, 2.24) is 20.3 Å². The SMILES string of the molecule is CC(C)(O)c1cn(CC(=O)NC2CCCCCC2)nn1. The van der Waals surface area contributed by atoms with E-state index < -0.39 is 5.60 Å². The molecule has 0 spiro atoms. The Kier molecular flexibility index (Phi) is 4.75. The van der Waals surface area contributed by atoms with Gasteiger partial charge in [0, 0.05) is 6.04 Å². The summed E-state index contributed by atoms with van der Waals surface area (Å²) in [6.45, 7) is 3.44. The highest BCUT2D eigenvalue weighted by Crippen LogP contribution is 2.17. The average Bonchev–Trinajstić information content (AvgIpc) is 2.67. The zero-order valence-electron chi connectivity index (χ0n) is 12.3. The summed E-state index contributed by atoms with van der Waals surface area (Å²) >= 11 is 0. The molecular weight excluding hydrogens is 256 g/mol. The van der Waals surface area contributed by atoms with Crippen LogP contribution in [0.1, 0.15) is 58.1 Å². The maximum absolute atomic E-state index is 12.0. The average molecular weight is 280 g/mol. The Morgan fingerprint density at radius 3 is 2.60 bits per heavy atom. The lowest BCUT2D eigenvalue weighted by Crippen LogP contribution is -2.36. The molecule has 0 saturated heterocycles. The van der Waals surface area contributed by atoms with E-state index in [0.717, 1.165) is 12.8 Å². The topological polar surface area (TPSA) is 80.0 Å². The zero-order valence-corrected chi connectivity index (χ0v) is 12.3. The molecule has 0 atom stereocenters. The summed E-state index contributed by atoms with van der Waals surface area (Å²) in [4.78, 5) is 12.0. The van der Waals surface area contributed by atoms with Crippen LogP contribution in [0.3, 0.4) is 0 Å². The molecule has 20 heavy (non-hydrogen) atoms. The van der Waals surface area contributed by atoms with Gasteiger partial charge in [-0.3, -0.25) is 4.79 Å². The number of aromatic nitrogens is 3. The van der Waals surface area contributed by atoms with Crippen LogP contribution in [0, 0.1) is 0 Å². The predicted molar refractivity (Wildman–Crippen MR) is 74.9 cm³/mol. The molecule has 2 rings (SSSR count). The molecule has 1 amide bonds. The molecule has 1 aliphatic carbocycles. The quantitative estimate of drug-likeness (QED) is 0.816. The summed E-state index contributed by atoms with van der Waals surface area (Å²) in [7, 11) is 0. The fraction of sp³-hybridized carbons (Fsp3) is 0.786. The third-order valence-electron chi connectivity index (χ3n) is 3.69. The fourth-order valence-corrected chi connectivity index (χ4v) is 2.50. The zero-order chi connectivity index (χ0) is 14.6. The molecule has 6 heteroatoms. The number of nitrogens with zero attached hydrogens (tertiary/aromatic N) is 3. The lowest BCUT2D eigenvalue weighted by molar-refractivity contribution is -0.122. The summed E-state index contributed by atoms with van der Waals surface area (Å²) in [5, 5.41) is 20.6. The van der Waals surface area contributed by atoms with Crippen LogP contribution in [0.25, 0.3) is 0 Å². The monoisotopic (exact) mass is 280 g/mol. The van der Waals surface area contributed by atoms with Crippen molar-refractivity contribution < 1.29 is 9.90 Å². The molecule has 0 radical (unpaired) electrons. The highest BCUT2D eigenvalue weighted by atomic mass is 16.3. The number of amides is 1. The van der Waals surface area contributed by atoms with Gasteiger partial charge in [0.25, 0.3) is 0 Å². The maximum atomic E-state index is 12.0. The van der Waals surface area contributed by atoms with Crippen molar-refractivity contribution >= 4 is 5.91 Å². The van der Waals surface area contributed by atoms with Crippen LogP contribution in [-0.4, -0.2) is 32.0 Å². The number of aliphatic hydroxyl groups is 1. The Hall–Kier alpha value is -1.43. The van der Waals surface area contributed by atoms with E-state index >= 15 is 0 Å². The third-order valence-corrected chi connectivity index (χ3v) is 3.69. The number of hydrogen-bond donors (Lipinski definition) is 2. The highest BCUT2D eigenvalue weighted by Gasteiger charge is 2.21. The van der Waals surface area contributed by atoms with Gasteiger partial charge in [0.05, 0.1) is 6.20 Å². The summed E-state index contributed by atoms with van der Waals surface area (Å²) in [5.41, 5.74) is -0.560. The molecule has 0 aromatic carbocycles. The molecule has 112 valence electrons. The summed E-state index contributed by atoms with van der Waals surface area (Å²) in [6.07, 6.45) is 8.67. The second-order valence-electron chi connectivity index (χ2n) is 6.12. The van der Waals surface area contributed by atoms with Crippen LogP contribution < -0.4 is 5.32 Å². The van der Waals surface area contributed by atoms with E-state index in [1.54, 1.807) is 20.0 Å². The number of rotatable bonds is 4. The maximum Gasteiger partial charge on any atom is 0.242 e. The van der Waals surface area contributed by atoms with Crippen LogP contribution >= 0.6 is 0 Å². The minimum atomic E-state index is -1.03. The molecule has 1 heterocycles. The molecule has 6 nitrogen and oxygen atoms in total. The Balaban J connectivity index is 1.86. The van der Waals surface area contributed by atoms with Gasteiger partial charge in [0.1, 0.15) is 17.8 Å². The number of nitrogens with one attached hydrogen (secondary N) is 1. The predicted octanol–water partition coefficient (Wildman–Crippen LogP) is 1.34. The van der Waals surface area contributed by atoms with Gasteiger partial charge in [-0.15, -0.1) is 5.10 Å². The van der Waals surface area contributed by atoms with Gasteiger partial charge in [0.15, 0.2) is 0 Å². The summed E-state index contributed by atoms with van der Waals surface area (Å²) in [6, 6.07) is 0.294. The van der Waals surface area contributed by atoms with E-state index in [0.29, 0.717) is 11.7 Å². The summed E-state index contributed by atoms with van der Waals surface area (Å²) in [5.74, 6) is -0.0379. The summed E-state index contributed by atoms with van der Waals surface area (Å²) < 4.78 is 1.47. The van der Waals surface area contributed by atoms with Gasteiger partial charge in [-0.2, -0.15) is 0 Å². The smallest absolute Gasteiger partial charge is 0.242 e. The van der Waals surface area contributed by atoms with Gasteiger partial charge in [0.2, 0.25) is 5.91 Å². The first-order chi connectivity index (χ1) is 9.45. The van der Waals surface area contributed by atoms with Crippen LogP contribution in [-0.2, 0) is 16.9 Å². The minimum Gasteiger partial charge on any atom is -0.384 e. The molecule has 0 bridgehead atoms. The standard InChI is InChI=1S/C14H24N4O2/c1-14(2,20)12-9-18(17-16-12)10-13(19)15-11-7-5-3-4-6-8-11/h9,11,20H,3-8,10H2,1-2H3,(H,15,19). The van der Waals surface area contributed by atoms with Crippen LogP contribution in [0.4, 0.5) is 0 Å². The van der Waals surface area contributed by atoms with Crippen molar-refractivity contribution in [1.29, 1.82) is 0 Å². The van der Waals surface area contributed by atoms with Gasteiger partial charge in [-0.1, -0.05) is 30.9 Å². The lowest BCUT2D eigenvalue weighted by atomic mass is 10.1. The van der Waals surface area contributed by atoms with E-state index in [-0.39, 0.29) is 12.5 Å². The van der Waals surface area contributed by atoms with Gasteiger partial charge >= 0.3 is 0 Å². The molecular formula is C14H24N4O2. The first kappa shape index (κ1) is 15.0. The Bertz CT molecular complexity index is 442. The molecule has 1 fully saturated rings. The van der Waals surface area contributed by atoms with E-state index in [1.807, 2.05) is 0 Å². The molecule has 1 aromatic rings. The van der Waals surface area contributed by atoms with Crippen LogP contribution in [0.5, 0.6) is 0 Å². The molecule has 1 aromatic heterocycles. The molecule has 0 unspecified atom stereocenters. The molecule has 1 saturated carbocycles. The van der Waals surface area contributed by atoms with Crippen molar-refractivity contribution in [3.8, 4) is 0 Å². The van der Waals surface area contributed by atoms with E-state index in [1.165, 1.54) is 30.4 Å². The van der Waals surface area contributed by atoms with Crippen LogP contribution in [0.15, 0.2) is 6.20 Å². The number of hydrogen-bond acceptors (Lipinski definition) is 4. The Morgan fingerprint density at radius 1 is 1.40 bits per heavy atom. The van der Waals surface area contributed by atoms with Crippen molar-refractivity contribution in [2.45, 2.75) is 70.6 Å².